The van der Waals surface area contributed by atoms with Crippen molar-refractivity contribution in [2.24, 2.45) is 0 Å². The molecule has 0 saturated carbocycles. The number of benzene rings is 1. The van der Waals surface area contributed by atoms with Gasteiger partial charge in [-0.1, -0.05) is 29.3 Å². The van der Waals surface area contributed by atoms with Gasteiger partial charge in [-0.2, -0.15) is 0 Å². The van der Waals surface area contributed by atoms with Crippen LogP contribution in [0.3, 0.4) is 0 Å². The Balaban J connectivity index is 2.02. The molecule has 0 spiro atoms. The van der Waals surface area contributed by atoms with Gasteiger partial charge in [-0.25, -0.2) is 0 Å². The Bertz CT molecular complexity index is 836. The minimum Gasteiger partial charge on any atom is -0.497 e. The van der Waals surface area contributed by atoms with E-state index in [2.05, 4.69) is 10.3 Å². The summed E-state index contributed by atoms with van der Waals surface area (Å²) in [4.78, 5) is 17.2. The first-order valence-electron chi connectivity index (χ1n) is 7.13. The van der Waals surface area contributed by atoms with Gasteiger partial charge in [0, 0.05) is 34.9 Å². The van der Waals surface area contributed by atoms with Crippen molar-refractivity contribution in [2.75, 3.05) is 14.2 Å². The number of nitrogens with one attached hydrogen (secondary N) is 1. The maximum Gasteiger partial charge on any atom is 0.215 e. The molecule has 0 aliphatic carbocycles. The number of methoxy groups -OCH3 is 1. The average molecular weight is 365 g/mol. The zero-order valence-corrected chi connectivity index (χ0v) is 14.5. The molecule has 0 saturated heterocycles. The SMILES string of the molecule is CNC1=C(c2cc(OC)ccn2)C(=O)[C@@H](c2ccc(Cl)cc2Cl)O1. The number of hydrogen-bond donors (Lipinski definition) is 1. The number of ether oxygens (including phenoxy) is 2. The normalized spacial score (nSPS) is 17.0. The van der Waals surface area contributed by atoms with Gasteiger partial charge in [-0.3, -0.25) is 9.78 Å². The Kier molecular flexibility index (Phi) is 4.64. The van der Waals surface area contributed by atoms with Crippen molar-refractivity contribution in [2.45, 2.75) is 6.10 Å². The van der Waals surface area contributed by atoms with Gasteiger partial charge >= 0.3 is 0 Å². The van der Waals surface area contributed by atoms with E-state index in [1.807, 2.05) is 0 Å². The minimum absolute atomic E-state index is 0.232. The first-order valence-corrected chi connectivity index (χ1v) is 7.89. The van der Waals surface area contributed by atoms with Crippen molar-refractivity contribution in [3.8, 4) is 5.75 Å². The highest BCUT2D eigenvalue weighted by Gasteiger charge is 2.38. The highest BCUT2D eigenvalue weighted by atomic mass is 35.5. The Morgan fingerprint density at radius 2 is 2.04 bits per heavy atom. The standard InChI is InChI=1S/C17H14Cl2N2O3/c1-20-17-14(13-8-10(23-2)5-6-21-13)15(22)16(24-17)11-4-3-9(18)7-12(11)19/h3-8,16,20H,1-2H3/t16-/m1/s1. The number of carbonyl (C=O) groups excluding carboxylic acids is 1. The molecule has 24 heavy (non-hydrogen) atoms. The van der Waals surface area contributed by atoms with Crippen LogP contribution in [0.1, 0.15) is 17.4 Å². The lowest BCUT2D eigenvalue weighted by Crippen LogP contribution is -2.11. The van der Waals surface area contributed by atoms with E-state index in [1.54, 1.807) is 50.7 Å². The highest BCUT2D eigenvalue weighted by Crippen LogP contribution is 2.39. The molecule has 7 heteroatoms. The first-order chi connectivity index (χ1) is 11.5. The Morgan fingerprint density at radius 3 is 2.71 bits per heavy atom. The van der Waals surface area contributed by atoms with E-state index in [1.165, 1.54) is 0 Å². The predicted octanol–water partition coefficient (Wildman–Crippen LogP) is 3.63. The lowest BCUT2D eigenvalue weighted by atomic mass is 10.00. The van der Waals surface area contributed by atoms with Crippen molar-refractivity contribution in [1.82, 2.24) is 10.3 Å². The summed E-state index contributed by atoms with van der Waals surface area (Å²) in [6.45, 7) is 0. The van der Waals surface area contributed by atoms with E-state index < -0.39 is 6.10 Å². The monoisotopic (exact) mass is 364 g/mol. The van der Waals surface area contributed by atoms with Crippen LogP contribution in [0, 0.1) is 0 Å². The summed E-state index contributed by atoms with van der Waals surface area (Å²) >= 11 is 12.1. The second kappa shape index (κ2) is 6.71. The number of nitrogens with zero attached hydrogens (tertiary/aromatic N) is 1. The molecule has 1 N–H and O–H groups in total. The van der Waals surface area contributed by atoms with E-state index in [0.29, 0.717) is 38.5 Å². The smallest absolute Gasteiger partial charge is 0.215 e. The fourth-order valence-electron chi connectivity index (χ4n) is 2.49. The van der Waals surface area contributed by atoms with Gasteiger partial charge in [-0.15, -0.1) is 0 Å². The molecule has 1 atom stereocenters. The lowest BCUT2D eigenvalue weighted by Gasteiger charge is -2.13. The zero-order valence-electron chi connectivity index (χ0n) is 13.0. The van der Waals surface area contributed by atoms with Gasteiger partial charge in [0.1, 0.15) is 11.3 Å². The van der Waals surface area contributed by atoms with E-state index in [9.17, 15) is 4.79 Å². The van der Waals surface area contributed by atoms with Gasteiger partial charge in [0.2, 0.25) is 11.7 Å². The molecular formula is C17H14Cl2N2O3. The summed E-state index contributed by atoms with van der Waals surface area (Å²) in [5.74, 6) is 0.713. The molecule has 0 radical (unpaired) electrons. The third-order valence-electron chi connectivity index (χ3n) is 3.64. The summed E-state index contributed by atoms with van der Waals surface area (Å²) in [5.41, 5.74) is 1.38. The fourth-order valence-corrected chi connectivity index (χ4v) is 3.00. The molecule has 124 valence electrons. The van der Waals surface area contributed by atoms with Crippen LogP contribution in [0.25, 0.3) is 5.57 Å². The molecular weight excluding hydrogens is 351 g/mol. The van der Waals surface area contributed by atoms with Crippen molar-refractivity contribution in [3.63, 3.8) is 0 Å². The van der Waals surface area contributed by atoms with Crippen molar-refractivity contribution >= 4 is 34.6 Å². The molecule has 1 aliphatic heterocycles. The topological polar surface area (TPSA) is 60.5 Å². The molecule has 3 rings (SSSR count). The third kappa shape index (κ3) is 2.92. The summed E-state index contributed by atoms with van der Waals surface area (Å²) < 4.78 is 11.0. The Hall–Kier alpha value is -2.24. The van der Waals surface area contributed by atoms with Crippen molar-refractivity contribution in [1.29, 1.82) is 0 Å². The van der Waals surface area contributed by atoms with Crippen molar-refractivity contribution < 1.29 is 14.3 Å². The Morgan fingerprint density at radius 1 is 1.25 bits per heavy atom. The summed E-state index contributed by atoms with van der Waals surface area (Å²) in [6.07, 6.45) is 0.727. The van der Waals surface area contributed by atoms with Crippen LogP contribution in [-0.2, 0) is 9.53 Å². The van der Waals surface area contributed by atoms with Crippen LogP contribution in [0.5, 0.6) is 5.75 Å². The molecule has 2 aromatic rings. The Labute approximate surface area is 149 Å². The number of carbonyl (C=O) groups is 1. The van der Waals surface area contributed by atoms with E-state index in [4.69, 9.17) is 32.7 Å². The molecule has 1 aliphatic rings. The number of hydrogen-bond acceptors (Lipinski definition) is 5. The predicted molar refractivity (Wildman–Crippen MR) is 92.1 cm³/mol. The fraction of sp³-hybridized carbons (Fsp3) is 0.176. The third-order valence-corrected chi connectivity index (χ3v) is 4.20. The molecule has 0 bridgehead atoms. The van der Waals surface area contributed by atoms with Crippen LogP contribution >= 0.6 is 23.2 Å². The number of ketones is 1. The summed E-state index contributed by atoms with van der Waals surface area (Å²) in [6, 6.07) is 8.31. The summed E-state index contributed by atoms with van der Waals surface area (Å²) in [7, 11) is 3.23. The van der Waals surface area contributed by atoms with Crippen LogP contribution in [0.15, 0.2) is 42.4 Å². The molecule has 0 amide bonds. The van der Waals surface area contributed by atoms with E-state index >= 15 is 0 Å². The van der Waals surface area contributed by atoms with Gasteiger partial charge in [0.15, 0.2) is 6.10 Å². The van der Waals surface area contributed by atoms with Gasteiger partial charge in [0.25, 0.3) is 0 Å². The van der Waals surface area contributed by atoms with Crippen LogP contribution in [-0.4, -0.2) is 24.9 Å². The maximum atomic E-state index is 12.9. The van der Waals surface area contributed by atoms with E-state index in [-0.39, 0.29) is 5.78 Å². The number of halogens is 2. The van der Waals surface area contributed by atoms with Crippen LogP contribution in [0.4, 0.5) is 0 Å². The summed E-state index contributed by atoms with van der Waals surface area (Å²) in [5, 5.41) is 3.76. The van der Waals surface area contributed by atoms with Crippen LogP contribution < -0.4 is 10.1 Å². The maximum absolute atomic E-state index is 12.9. The van der Waals surface area contributed by atoms with Crippen molar-refractivity contribution in [3.05, 3.63) is 63.7 Å². The zero-order chi connectivity index (χ0) is 17.3. The number of aromatic nitrogens is 1. The van der Waals surface area contributed by atoms with Crippen LogP contribution in [0.2, 0.25) is 10.0 Å². The van der Waals surface area contributed by atoms with Gasteiger partial charge in [-0.05, 0) is 18.2 Å². The molecule has 1 aromatic heterocycles. The van der Waals surface area contributed by atoms with E-state index in [0.717, 1.165) is 0 Å². The molecule has 5 nitrogen and oxygen atoms in total. The first kappa shape index (κ1) is 16.6. The van der Waals surface area contributed by atoms with Gasteiger partial charge < -0.3 is 14.8 Å². The molecule has 1 aromatic carbocycles. The second-order valence-electron chi connectivity index (χ2n) is 5.06. The average Bonchev–Trinajstić information content (AvgIpc) is 2.91. The second-order valence-corrected chi connectivity index (χ2v) is 5.91. The van der Waals surface area contributed by atoms with Gasteiger partial charge in [0.05, 0.1) is 12.8 Å². The number of rotatable bonds is 4. The molecule has 0 fully saturated rings. The lowest BCUT2D eigenvalue weighted by molar-refractivity contribution is -0.120. The molecule has 2 heterocycles. The molecule has 0 unspecified atom stereocenters. The quantitative estimate of drug-likeness (QED) is 0.897. The minimum atomic E-state index is -0.847. The number of pyridine rings is 1. The highest BCUT2D eigenvalue weighted by molar-refractivity contribution is 6.35. The largest absolute Gasteiger partial charge is 0.497 e. The number of Topliss-reactive ketones (excluding diaryl/α,β-unsaturated/α-hetero) is 1.